The molecule has 6 heteroatoms. The maximum absolute atomic E-state index is 13.9. The zero-order valence-corrected chi connectivity index (χ0v) is 11.5. The molecule has 1 aromatic heterocycles. The van der Waals surface area contributed by atoms with E-state index in [9.17, 15) is 4.39 Å². The fourth-order valence-electron chi connectivity index (χ4n) is 2.07. The summed E-state index contributed by atoms with van der Waals surface area (Å²) in [4.78, 5) is 1.96. The minimum Gasteiger partial charge on any atom is -0.469 e. The number of hydrogen-bond donors (Lipinski definition) is 2. The van der Waals surface area contributed by atoms with E-state index in [1.807, 2.05) is 24.9 Å². The normalized spacial score (nSPS) is 11.1. The third-order valence-corrected chi connectivity index (χ3v) is 3.22. The van der Waals surface area contributed by atoms with E-state index in [-0.39, 0.29) is 5.46 Å². The standard InChI is InChI=1S/C14H17BFNO3/c1-10-11(5-6-20-10)8-17(2)9-12-3-4-13(15(18)19)7-14(12)16/h3-7,18-19H,8-9H2,1-2H3. The molecule has 0 aliphatic carbocycles. The first-order valence-electron chi connectivity index (χ1n) is 6.33. The molecule has 0 atom stereocenters. The minimum atomic E-state index is -1.65. The molecule has 0 saturated heterocycles. The monoisotopic (exact) mass is 277 g/mol. The van der Waals surface area contributed by atoms with Gasteiger partial charge in [-0.2, -0.15) is 0 Å². The van der Waals surface area contributed by atoms with Crippen LogP contribution in [0.5, 0.6) is 0 Å². The van der Waals surface area contributed by atoms with E-state index < -0.39 is 12.9 Å². The van der Waals surface area contributed by atoms with E-state index in [0.29, 0.717) is 18.7 Å². The highest BCUT2D eigenvalue weighted by molar-refractivity contribution is 6.58. The van der Waals surface area contributed by atoms with Gasteiger partial charge in [0.15, 0.2) is 0 Å². The molecule has 2 rings (SSSR count). The van der Waals surface area contributed by atoms with Gasteiger partial charge in [-0.05, 0) is 31.6 Å². The molecule has 4 nitrogen and oxygen atoms in total. The zero-order valence-electron chi connectivity index (χ0n) is 11.5. The van der Waals surface area contributed by atoms with Crippen molar-refractivity contribution in [1.82, 2.24) is 4.90 Å². The van der Waals surface area contributed by atoms with E-state index in [4.69, 9.17) is 14.5 Å². The predicted octanol–water partition coefficient (Wildman–Crippen LogP) is 1.04. The topological polar surface area (TPSA) is 56.8 Å². The van der Waals surface area contributed by atoms with Gasteiger partial charge in [-0.15, -0.1) is 0 Å². The second-order valence-corrected chi connectivity index (χ2v) is 4.90. The summed E-state index contributed by atoms with van der Waals surface area (Å²) in [6, 6.07) is 6.13. The number of aryl methyl sites for hydroxylation is 1. The number of nitrogens with zero attached hydrogens (tertiary/aromatic N) is 1. The number of hydrogen-bond acceptors (Lipinski definition) is 4. The smallest absolute Gasteiger partial charge is 0.469 e. The predicted molar refractivity (Wildman–Crippen MR) is 74.8 cm³/mol. The summed E-state index contributed by atoms with van der Waals surface area (Å²) in [5, 5.41) is 18.0. The SMILES string of the molecule is Cc1occc1CN(C)Cc1ccc(B(O)O)cc1F. The van der Waals surface area contributed by atoms with Crippen LogP contribution in [0.1, 0.15) is 16.9 Å². The Morgan fingerprint density at radius 1 is 1.20 bits per heavy atom. The van der Waals surface area contributed by atoms with Crippen LogP contribution in [0.15, 0.2) is 34.9 Å². The quantitative estimate of drug-likeness (QED) is 0.802. The molecule has 0 spiro atoms. The molecule has 106 valence electrons. The van der Waals surface area contributed by atoms with E-state index in [1.165, 1.54) is 6.07 Å². The van der Waals surface area contributed by atoms with Crippen molar-refractivity contribution in [2.24, 2.45) is 0 Å². The van der Waals surface area contributed by atoms with E-state index in [1.54, 1.807) is 12.3 Å². The van der Waals surface area contributed by atoms with Crippen molar-refractivity contribution in [1.29, 1.82) is 0 Å². The second kappa shape index (κ2) is 6.22. The molecule has 20 heavy (non-hydrogen) atoms. The lowest BCUT2D eigenvalue weighted by atomic mass is 9.80. The Balaban J connectivity index is 2.04. The summed E-state index contributed by atoms with van der Waals surface area (Å²) in [5.41, 5.74) is 1.73. The van der Waals surface area contributed by atoms with Crippen LogP contribution in [0, 0.1) is 12.7 Å². The van der Waals surface area contributed by atoms with Crippen molar-refractivity contribution < 1.29 is 18.9 Å². The maximum Gasteiger partial charge on any atom is 0.488 e. The highest BCUT2D eigenvalue weighted by Gasteiger charge is 2.14. The zero-order chi connectivity index (χ0) is 14.7. The molecule has 1 aromatic carbocycles. The van der Waals surface area contributed by atoms with Crippen molar-refractivity contribution in [2.45, 2.75) is 20.0 Å². The van der Waals surface area contributed by atoms with Crippen LogP contribution in [0.2, 0.25) is 0 Å². The third kappa shape index (κ3) is 3.48. The molecule has 0 aliphatic heterocycles. The number of halogens is 1. The Labute approximate surface area is 117 Å². The lowest BCUT2D eigenvalue weighted by Crippen LogP contribution is -2.30. The molecule has 0 bridgehead atoms. The van der Waals surface area contributed by atoms with Crippen LogP contribution < -0.4 is 5.46 Å². The summed E-state index contributed by atoms with van der Waals surface area (Å²) in [5.74, 6) is 0.419. The molecule has 2 aromatic rings. The first-order valence-corrected chi connectivity index (χ1v) is 6.33. The van der Waals surface area contributed by atoms with E-state index in [2.05, 4.69) is 0 Å². The Morgan fingerprint density at radius 2 is 1.90 bits per heavy atom. The molecular formula is C14H17BFNO3. The average Bonchev–Trinajstić information content (AvgIpc) is 2.77. The van der Waals surface area contributed by atoms with Gasteiger partial charge >= 0.3 is 7.12 Å². The van der Waals surface area contributed by atoms with Gasteiger partial charge in [-0.25, -0.2) is 4.39 Å². The summed E-state index contributed by atoms with van der Waals surface area (Å²) in [7, 11) is 0.241. The van der Waals surface area contributed by atoms with Gasteiger partial charge in [-0.1, -0.05) is 12.1 Å². The molecule has 0 radical (unpaired) electrons. The Bertz CT molecular complexity index is 586. The van der Waals surface area contributed by atoms with Crippen molar-refractivity contribution >= 4 is 12.6 Å². The molecule has 0 saturated carbocycles. The van der Waals surface area contributed by atoms with Crippen LogP contribution in [0.3, 0.4) is 0 Å². The molecule has 1 heterocycles. The van der Waals surface area contributed by atoms with Crippen molar-refractivity contribution in [3.63, 3.8) is 0 Å². The fourth-order valence-corrected chi connectivity index (χ4v) is 2.07. The summed E-state index contributed by atoms with van der Waals surface area (Å²) in [6.07, 6.45) is 1.64. The Morgan fingerprint density at radius 3 is 2.45 bits per heavy atom. The summed E-state index contributed by atoms with van der Waals surface area (Å²) >= 11 is 0. The number of furan rings is 1. The summed E-state index contributed by atoms with van der Waals surface area (Å²) in [6.45, 7) is 2.98. The van der Waals surface area contributed by atoms with Crippen molar-refractivity contribution in [2.75, 3.05) is 7.05 Å². The van der Waals surface area contributed by atoms with Gasteiger partial charge in [-0.3, -0.25) is 4.90 Å². The number of benzene rings is 1. The molecular weight excluding hydrogens is 260 g/mol. The fraction of sp³-hybridized carbons (Fsp3) is 0.286. The van der Waals surface area contributed by atoms with Crippen LogP contribution in [-0.2, 0) is 13.1 Å². The minimum absolute atomic E-state index is 0.152. The highest BCUT2D eigenvalue weighted by Crippen LogP contribution is 2.14. The van der Waals surface area contributed by atoms with Gasteiger partial charge in [0.1, 0.15) is 11.6 Å². The van der Waals surface area contributed by atoms with Gasteiger partial charge in [0, 0.05) is 24.2 Å². The van der Waals surface area contributed by atoms with Crippen LogP contribution in [0.25, 0.3) is 0 Å². The van der Waals surface area contributed by atoms with Gasteiger partial charge in [0.25, 0.3) is 0 Å². The Hall–Kier alpha value is -1.63. The van der Waals surface area contributed by atoms with E-state index >= 15 is 0 Å². The van der Waals surface area contributed by atoms with Gasteiger partial charge < -0.3 is 14.5 Å². The van der Waals surface area contributed by atoms with Crippen LogP contribution in [-0.4, -0.2) is 29.1 Å². The summed E-state index contributed by atoms with van der Waals surface area (Å²) < 4.78 is 19.1. The van der Waals surface area contributed by atoms with Crippen molar-refractivity contribution in [3.05, 3.63) is 53.2 Å². The first-order chi connectivity index (χ1) is 9.47. The van der Waals surface area contributed by atoms with Crippen molar-refractivity contribution in [3.8, 4) is 0 Å². The van der Waals surface area contributed by atoms with Crippen LogP contribution in [0.4, 0.5) is 4.39 Å². The molecule has 0 amide bonds. The Kier molecular flexibility index (Phi) is 4.59. The average molecular weight is 277 g/mol. The maximum atomic E-state index is 13.9. The first kappa shape index (κ1) is 14.8. The highest BCUT2D eigenvalue weighted by atomic mass is 19.1. The van der Waals surface area contributed by atoms with E-state index in [0.717, 1.165) is 17.4 Å². The molecule has 2 N–H and O–H groups in total. The molecule has 0 aliphatic rings. The lowest BCUT2D eigenvalue weighted by molar-refractivity contribution is 0.311. The van der Waals surface area contributed by atoms with Crippen LogP contribution >= 0.6 is 0 Å². The number of rotatable bonds is 5. The largest absolute Gasteiger partial charge is 0.488 e. The third-order valence-electron chi connectivity index (χ3n) is 3.22. The van der Waals surface area contributed by atoms with Gasteiger partial charge in [0.05, 0.1) is 6.26 Å². The molecule has 0 fully saturated rings. The second-order valence-electron chi connectivity index (χ2n) is 4.90. The lowest BCUT2D eigenvalue weighted by Gasteiger charge is -2.17. The van der Waals surface area contributed by atoms with Gasteiger partial charge in [0.2, 0.25) is 0 Å². The molecule has 0 unspecified atom stereocenters.